The summed E-state index contributed by atoms with van der Waals surface area (Å²) >= 11 is 24.8. The summed E-state index contributed by atoms with van der Waals surface area (Å²) < 4.78 is 11.2. The van der Waals surface area contributed by atoms with Crippen molar-refractivity contribution in [3.05, 3.63) is 85.8 Å². The average Bonchev–Trinajstić information content (AvgIpc) is 2.76. The number of hydrogen-bond acceptors (Lipinski definition) is 4. The van der Waals surface area contributed by atoms with Gasteiger partial charge in [-0.2, -0.15) is 10.3 Å². The molecule has 0 bridgehead atoms. The maximum atomic E-state index is 12.5. The molecule has 0 aliphatic heterocycles. The van der Waals surface area contributed by atoms with Crippen LogP contribution in [-0.4, -0.2) is 18.5 Å². The Balaban J connectivity index is 1.81. The number of nitriles is 1. The second-order valence-electron chi connectivity index (χ2n) is 6.38. The molecular formula is C23H15Cl4N3O3. The molecule has 3 aromatic rings. The monoisotopic (exact) mass is 521 g/mol. The summed E-state index contributed by atoms with van der Waals surface area (Å²) in [5, 5.41) is 12.5. The van der Waals surface area contributed by atoms with Crippen LogP contribution in [0.5, 0.6) is 11.5 Å². The highest BCUT2D eigenvalue weighted by Crippen LogP contribution is 2.39. The Hall–Kier alpha value is -2.95. The molecule has 0 radical (unpaired) electrons. The molecule has 3 aromatic carbocycles. The van der Waals surface area contributed by atoms with Crippen molar-refractivity contribution >= 4 is 64.0 Å². The number of amides is 2. The molecule has 33 heavy (non-hydrogen) atoms. The van der Waals surface area contributed by atoms with Crippen LogP contribution >= 0.6 is 46.4 Å². The van der Waals surface area contributed by atoms with Crippen LogP contribution in [0.3, 0.4) is 0 Å². The fourth-order valence-corrected chi connectivity index (χ4v) is 3.68. The molecule has 10 heteroatoms. The predicted molar refractivity (Wildman–Crippen MR) is 131 cm³/mol. The van der Waals surface area contributed by atoms with Gasteiger partial charge in [-0.25, -0.2) is 4.79 Å². The minimum Gasteiger partial charge on any atom is -0.477 e. The quantitative estimate of drug-likeness (QED) is 0.272. The third-order valence-electron chi connectivity index (χ3n) is 4.12. The summed E-state index contributed by atoms with van der Waals surface area (Å²) in [6.45, 7) is 2.06. The van der Waals surface area contributed by atoms with Gasteiger partial charge in [-0.05, 0) is 43.3 Å². The van der Waals surface area contributed by atoms with Crippen LogP contribution in [0.4, 0.5) is 10.5 Å². The Kier molecular flexibility index (Phi) is 8.43. The fraction of sp³-hybridized carbons (Fsp3) is 0.0870. The first-order chi connectivity index (χ1) is 15.8. The van der Waals surface area contributed by atoms with Crippen molar-refractivity contribution < 1.29 is 14.3 Å². The first-order valence-corrected chi connectivity index (χ1v) is 11.0. The highest BCUT2D eigenvalue weighted by Gasteiger charge is 2.15. The predicted octanol–water partition coefficient (Wildman–Crippen LogP) is 7.98. The molecule has 6 nitrogen and oxygen atoms in total. The van der Waals surface area contributed by atoms with Gasteiger partial charge in [-0.3, -0.25) is 0 Å². The normalized spacial score (nSPS) is 11.0. The zero-order valence-electron chi connectivity index (χ0n) is 17.0. The minimum absolute atomic E-state index is 0.0791. The van der Waals surface area contributed by atoms with Gasteiger partial charge in [-0.15, -0.1) is 0 Å². The smallest absolute Gasteiger partial charge is 0.348 e. The lowest BCUT2D eigenvalue weighted by atomic mass is 10.2. The lowest BCUT2D eigenvalue weighted by Gasteiger charge is -2.13. The number of carbonyl (C=O) groups is 1. The van der Waals surface area contributed by atoms with E-state index in [-0.39, 0.29) is 26.7 Å². The van der Waals surface area contributed by atoms with E-state index in [1.54, 1.807) is 37.3 Å². The number of halogens is 4. The lowest BCUT2D eigenvalue weighted by Crippen LogP contribution is -2.14. The summed E-state index contributed by atoms with van der Waals surface area (Å²) in [5.74, 6) is 0.576. The SMILES string of the molecule is CCOC(=NC(=O)Nc1cc(Cl)c(Oc2ccc(C#N)c(Cl)c2)c(Cl)c1)c1ccccc1Cl. The van der Waals surface area contributed by atoms with Crippen molar-refractivity contribution in [2.24, 2.45) is 4.99 Å². The zero-order valence-corrected chi connectivity index (χ0v) is 20.1. The summed E-state index contributed by atoms with van der Waals surface area (Å²) in [6.07, 6.45) is 0. The van der Waals surface area contributed by atoms with Gasteiger partial charge in [0.25, 0.3) is 0 Å². The summed E-state index contributed by atoms with van der Waals surface area (Å²) in [4.78, 5) is 16.5. The van der Waals surface area contributed by atoms with Crippen LogP contribution in [-0.2, 0) is 4.74 Å². The van der Waals surface area contributed by atoms with E-state index in [0.29, 0.717) is 34.2 Å². The Morgan fingerprint density at radius 2 is 1.70 bits per heavy atom. The number of benzene rings is 3. The molecule has 0 aliphatic carbocycles. The van der Waals surface area contributed by atoms with E-state index in [1.165, 1.54) is 24.3 Å². The van der Waals surface area contributed by atoms with Crippen LogP contribution in [0.2, 0.25) is 20.1 Å². The highest BCUT2D eigenvalue weighted by atomic mass is 35.5. The minimum atomic E-state index is -0.710. The van der Waals surface area contributed by atoms with Gasteiger partial charge in [-0.1, -0.05) is 58.5 Å². The number of nitrogens with one attached hydrogen (secondary N) is 1. The van der Waals surface area contributed by atoms with Gasteiger partial charge in [0.05, 0.1) is 37.8 Å². The molecule has 0 saturated carbocycles. The Bertz CT molecular complexity index is 1250. The van der Waals surface area contributed by atoms with Crippen molar-refractivity contribution in [1.29, 1.82) is 5.26 Å². The molecule has 0 atom stereocenters. The first-order valence-electron chi connectivity index (χ1n) is 9.46. The van der Waals surface area contributed by atoms with Crippen LogP contribution in [0, 0.1) is 11.3 Å². The Morgan fingerprint density at radius 1 is 1.00 bits per heavy atom. The molecule has 2 amide bonds. The largest absolute Gasteiger partial charge is 0.477 e. The first kappa shape index (κ1) is 24.7. The number of ether oxygens (including phenoxy) is 2. The fourth-order valence-electron chi connectivity index (χ4n) is 2.68. The standard InChI is InChI=1S/C23H15Cl4N3O3/c1-2-32-22(16-5-3-4-6-17(16)24)30-23(31)29-14-9-19(26)21(20(27)10-14)33-15-8-7-13(12-28)18(25)11-15/h3-11H,2H2,1H3,(H,29,31). The topological polar surface area (TPSA) is 83.7 Å². The molecule has 0 spiro atoms. The lowest BCUT2D eigenvalue weighted by molar-refractivity contribution is 0.258. The number of aliphatic imine (C=N–C) groups is 1. The van der Waals surface area contributed by atoms with Crippen molar-refractivity contribution in [2.75, 3.05) is 11.9 Å². The van der Waals surface area contributed by atoms with Crippen LogP contribution in [0.15, 0.2) is 59.6 Å². The van der Waals surface area contributed by atoms with E-state index in [2.05, 4.69) is 10.3 Å². The van der Waals surface area contributed by atoms with Gasteiger partial charge >= 0.3 is 6.03 Å². The van der Waals surface area contributed by atoms with E-state index in [9.17, 15) is 4.79 Å². The number of nitrogens with zero attached hydrogens (tertiary/aromatic N) is 2. The summed E-state index contributed by atoms with van der Waals surface area (Å²) in [5.41, 5.74) is 1.08. The molecule has 0 heterocycles. The van der Waals surface area contributed by atoms with Crippen LogP contribution in [0.25, 0.3) is 0 Å². The second-order valence-corrected chi connectivity index (χ2v) is 8.01. The second kappa shape index (κ2) is 11.3. The molecule has 0 fully saturated rings. The van der Waals surface area contributed by atoms with Gasteiger partial charge in [0.1, 0.15) is 11.8 Å². The molecule has 1 N–H and O–H groups in total. The van der Waals surface area contributed by atoms with Gasteiger partial charge < -0.3 is 14.8 Å². The molecule has 0 saturated heterocycles. The number of carbonyl (C=O) groups excluding carboxylic acids is 1. The Morgan fingerprint density at radius 3 is 2.30 bits per heavy atom. The zero-order chi connectivity index (χ0) is 24.0. The molecule has 0 aliphatic rings. The van der Waals surface area contributed by atoms with E-state index in [1.807, 2.05) is 6.07 Å². The van der Waals surface area contributed by atoms with Crippen molar-refractivity contribution in [1.82, 2.24) is 0 Å². The Labute approximate surface area is 210 Å². The summed E-state index contributed by atoms with van der Waals surface area (Å²) in [7, 11) is 0. The molecule has 0 aromatic heterocycles. The van der Waals surface area contributed by atoms with Gasteiger partial charge in [0, 0.05) is 11.8 Å². The van der Waals surface area contributed by atoms with Crippen LogP contribution < -0.4 is 10.1 Å². The highest BCUT2D eigenvalue weighted by molar-refractivity contribution is 6.38. The number of anilines is 1. The average molecular weight is 523 g/mol. The van der Waals surface area contributed by atoms with Gasteiger partial charge in [0.15, 0.2) is 5.75 Å². The van der Waals surface area contributed by atoms with Gasteiger partial charge in [0.2, 0.25) is 5.90 Å². The number of urea groups is 1. The van der Waals surface area contributed by atoms with Crippen molar-refractivity contribution in [2.45, 2.75) is 6.92 Å². The molecule has 3 rings (SSSR count). The van der Waals surface area contributed by atoms with Crippen molar-refractivity contribution in [3.8, 4) is 17.6 Å². The maximum Gasteiger partial charge on any atom is 0.348 e. The summed E-state index contributed by atoms with van der Waals surface area (Å²) in [6, 6.07) is 15.6. The van der Waals surface area contributed by atoms with Crippen LogP contribution in [0.1, 0.15) is 18.1 Å². The van der Waals surface area contributed by atoms with E-state index < -0.39 is 6.03 Å². The number of hydrogen-bond donors (Lipinski definition) is 1. The maximum absolute atomic E-state index is 12.5. The van der Waals surface area contributed by atoms with E-state index >= 15 is 0 Å². The molecular weight excluding hydrogens is 508 g/mol. The number of rotatable bonds is 5. The third kappa shape index (κ3) is 6.31. The molecule has 168 valence electrons. The third-order valence-corrected chi connectivity index (χ3v) is 5.32. The molecule has 0 unspecified atom stereocenters. The van der Waals surface area contributed by atoms with Crippen molar-refractivity contribution in [3.63, 3.8) is 0 Å². The van der Waals surface area contributed by atoms with E-state index in [4.69, 9.17) is 61.1 Å². The van der Waals surface area contributed by atoms with E-state index in [0.717, 1.165) is 0 Å².